The minimum atomic E-state index is -0.572. The maximum Gasteiger partial charge on any atom is 0.325 e. The molecule has 0 fully saturated rings. The highest BCUT2D eigenvalue weighted by Crippen LogP contribution is 2.13. The lowest BCUT2D eigenvalue weighted by atomic mass is 9.94. The number of ketones is 2. The molecule has 6 nitrogen and oxygen atoms in total. The first-order chi connectivity index (χ1) is 9.46. The van der Waals surface area contributed by atoms with Crippen LogP contribution in [0.15, 0.2) is 0 Å². The van der Waals surface area contributed by atoms with Crippen LogP contribution in [0.5, 0.6) is 0 Å². The van der Waals surface area contributed by atoms with Crippen LogP contribution in [-0.2, 0) is 23.9 Å². The second-order valence-electron chi connectivity index (χ2n) is 4.41. The second kappa shape index (κ2) is 10.1. The third-order valence-corrected chi connectivity index (χ3v) is 2.78. The van der Waals surface area contributed by atoms with Crippen LogP contribution in [0, 0.1) is 5.92 Å². The average molecular weight is 285 g/mol. The van der Waals surface area contributed by atoms with Crippen molar-refractivity contribution >= 4 is 23.4 Å². The Balaban J connectivity index is 4.43. The standard InChI is InChI=1S/C14H23NO5/c1-4-7-10(8-12(17)11(16)5-2)14(19)15-9-13(18)20-6-3/h10H,4-9H2,1-3H3,(H,15,19)/t10-/m1/s1. The van der Waals surface area contributed by atoms with Gasteiger partial charge >= 0.3 is 5.97 Å². The lowest BCUT2D eigenvalue weighted by Gasteiger charge is -2.14. The maximum atomic E-state index is 11.9. The van der Waals surface area contributed by atoms with Gasteiger partial charge in [-0.1, -0.05) is 20.3 Å². The quantitative estimate of drug-likeness (QED) is 0.478. The van der Waals surface area contributed by atoms with Crippen molar-refractivity contribution in [2.24, 2.45) is 5.92 Å². The van der Waals surface area contributed by atoms with Crippen molar-refractivity contribution in [2.45, 2.75) is 46.5 Å². The summed E-state index contributed by atoms with van der Waals surface area (Å²) < 4.78 is 4.69. The number of ether oxygens (including phenoxy) is 1. The molecule has 0 aromatic rings. The van der Waals surface area contributed by atoms with Gasteiger partial charge in [-0.05, 0) is 13.3 Å². The van der Waals surface area contributed by atoms with Crippen molar-refractivity contribution < 1.29 is 23.9 Å². The number of Topliss-reactive ketones (excluding diaryl/α,β-unsaturated/α-hetero) is 2. The van der Waals surface area contributed by atoms with Crippen LogP contribution in [0.2, 0.25) is 0 Å². The molecule has 0 saturated carbocycles. The molecule has 0 aromatic carbocycles. The van der Waals surface area contributed by atoms with E-state index in [1.807, 2.05) is 6.92 Å². The van der Waals surface area contributed by atoms with Gasteiger partial charge in [-0.3, -0.25) is 19.2 Å². The van der Waals surface area contributed by atoms with Crippen molar-refractivity contribution in [3.05, 3.63) is 0 Å². The Morgan fingerprint density at radius 3 is 2.20 bits per heavy atom. The van der Waals surface area contributed by atoms with E-state index in [9.17, 15) is 19.2 Å². The highest BCUT2D eigenvalue weighted by Gasteiger charge is 2.24. The molecular weight excluding hydrogens is 262 g/mol. The fraction of sp³-hybridized carbons (Fsp3) is 0.714. The molecule has 114 valence electrons. The van der Waals surface area contributed by atoms with E-state index in [0.29, 0.717) is 12.8 Å². The normalized spacial score (nSPS) is 11.6. The molecule has 20 heavy (non-hydrogen) atoms. The Morgan fingerprint density at radius 2 is 1.70 bits per heavy atom. The molecule has 0 saturated heterocycles. The molecule has 0 aliphatic heterocycles. The van der Waals surface area contributed by atoms with Crippen molar-refractivity contribution in [3.8, 4) is 0 Å². The molecule has 0 aromatic heterocycles. The van der Waals surface area contributed by atoms with E-state index in [4.69, 9.17) is 4.74 Å². The van der Waals surface area contributed by atoms with E-state index in [1.165, 1.54) is 0 Å². The largest absolute Gasteiger partial charge is 0.465 e. The molecule has 0 aliphatic carbocycles. The van der Waals surface area contributed by atoms with Crippen LogP contribution in [0.4, 0.5) is 0 Å². The summed E-state index contributed by atoms with van der Waals surface area (Å²) in [6.07, 6.45) is 1.25. The van der Waals surface area contributed by atoms with Crippen molar-refractivity contribution in [2.75, 3.05) is 13.2 Å². The molecule has 1 atom stereocenters. The van der Waals surface area contributed by atoms with Crippen LogP contribution < -0.4 is 5.32 Å². The number of carbonyl (C=O) groups excluding carboxylic acids is 4. The molecule has 0 spiro atoms. The molecule has 0 rings (SSSR count). The number of hydrogen-bond acceptors (Lipinski definition) is 5. The number of rotatable bonds is 10. The SMILES string of the molecule is CCC[C@H](CC(=O)C(=O)CC)C(=O)NCC(=O)OCC. The minimum Gasteiger partial charge on any atom is -0.465 e. The summed E-state index contributed by atoms with van der Waals surface area (Å²) >= 11 is 0. The van der Waals surface area contributed by atoms with Gasteiger partial charge in [-0.15, -0.1) is 0 Å². The first-order valence-corrected chi connectivity index (χ1v) is 6.95. The van der Waals surface area contributed by atoms with E-state index in [1.54, 1.807) is 13.8 Å². The van der Waals surface area contributed by atoms with Gasteiger partial charge in [0.25, 0.3) is 0 Å². The lowest BCUT2D eigenvalue weighted by molar-refractivity contribution is -0.144. The summed E-state index contributed by atoms with van der Waals surface area (Å²) in [4.78, 5) is 45.9. The summed E-state index contributed by atoms with van der Waals surface area (Å²) in [5.41, 5.74) is 0. The van der Waals surface area contributed by atoms with E-state index in [2.05, 4.69) is 5.32 Å². The third kappa shape index (κ3) is 7.01. The van der Waals surface area contributed by atoms with E-state index >= 15 is 0 Å². The van der Waals surface area contributed by atoms with Gasteiger partial charge in [0.1, 0.15) is 6.54 Å². The van der Waals surface area contributed by atoms with Gasteiger partial charge in [0.2, 0.25) is 5.91 Å². The average Bonchev–Trinajstić information content (AvgIpc) is 2.43. The second-order valence-corrected chi connectivity index (χ2v) is 4.41. The Bertz CT molecular complexity index is 365. The minimum absolute atomic E-state index is 0.102. The number of carbonyl (C=O) groups is 4. The number of esters is 1. The summed E-state index contributed by atoms with van der Waals surface area (Å²) in [5, 5.41) is 2.44. The molecule has 0 radical (unpaired) electrons. The maximum absolute atomic E-state index is 11.9. The molecule has 0 aliphatic rings. The molecule has 6 heteroatoms. The number of hydrogen-bond donors (Lipinski definition) is 1. The van der Waals surface area contributed by atoms with Crippen molar-refractivity contribution in [3.63, 3.8) is 0 Å². The molecular formula is C14H23NO5. The monoisotopic (exact) mass is 285 g/mol. The van der Waals surface area contributed by atoms with Crippen molar-refractivity contribution in [1.29, 1.82) is 0 Å². The van der Waals surface area contributed by atoms with Crippen LogP contribution in [-0.4, -0.2) is 36.6 Å². The highest BCUT2D eigenvalue weighted by atomic mass is 16.5. The molecule has 0 bridgehead atoms. The van der Waals surface area contributed by atoms with Gasteiger partial charge in [-0.2, -0.15) is 0 Å². The predicted octanol–water partition coefficient (Wildman–Crippen LogP) is 1.02. The summed E-state index contributed by atoms with van der Waals surface area (Å²) in [7, 11) is 0. The summed E-state index contributed by atoms with van der Waals surface area (Å²) in [6.45, 7) is 5.20. The van der Waals surface area contributed by atoms with Gasteiger partial charge in [0.15, 0.2) is 11.6 Å². The first kappa shape index (κ1) is 18.3. The first-order valence-electron chi connectivity index (χ1n) is 6.95. The van der Waals surface area contributed by atoms with Gasteiger partial charge in [-0.25, -0.2) is 0 Å². The zero-order chi connectivity index (χ0) is 15.5. The summed E-state index contributed by atoms with van der Waals surface area (Å²) in [6, 6.07) is 0. The van der Waals surface area contributed by atoms with Crippen molar-refractivity contribution in [1.82, 2.24) is 5.32 Å². The molecule has 0 unspecified atom stereocenters. The zero-order valence-electron chi connectivity index (χ0n) is 12.4. The molecule has 0 heterocycles. The third-order valence-electron chi connectivity index (χ3n) is 2.78. The Hall–Kier alpha value is -1.72. The Kier molecular flexibility index (Phi) is 9.24. The molecule has 1 amide bonds. The van der Waals surface area contributed by atoms with Gasteiger partial charge in [0.05, 0.1) is 6.61 Å². The van der Waals surface area contributed by atoms with Crippen LogP contribution in [0.3, 0.4) is 0 Å². The Morgan fingerprint density at radius 1 is 1.05 bits per heavy atom. The van der Waals surface area contributed by atoms with Crippen LogP contribution in [0.1, 0.15) is 46.5 Å². The Labute approximate surface area is 119 Å². The zero-order valence-corrected chi connectivity index (χ0v) is 12.4. The highest BCUT2D eigenvalue weighted by molar-refractivity contribution is 6.37. The van der Waals surface area contributed by atoms with Gasteiger partial charge in [0, 0.05) is 18.8 Å². The van der Waals surface area contributed by atoms with Crippen LogP contribution >= 0.6 is 0 Å². The van der Waals surface area contributed by atoms with E-state index in [-0.39, 0.29) is 26.0 Å². The fourth-order valence-corrected chi connectivity index (χ4v) is 1.72. The molecule has 1 N–H and O–H groups in total. The number of nitrogens with one attached hydrogen (secondary N) is 1. The van der Waals surface area contributed by atoms with E-state index in [0.717, 1.165) is 0 Å². The van der Waals surface area contributed by atoms with Gasteiger partial charge < -0.3 is 10.1 Å². The smallest absolute Gasteiger partial charge is 0.325 e. The lowest BCUT2D eigenvalue weighted by Crippen LogP contribution is -2.37. The topological polar surface area (TPSA) is 89.5 Å². The van der Waals surface area contributed by atoms with E-state index < -0.39 is 29.4 Å². The number of amides is 1. The predicted molar refractivity (Wildman–Crippen MR) is 73.0 cm³/mol. The summed E-state index contributed by atoms with van der Waals surface area (Å²) in [5.74, 6) is -2.48. The van der Waals surface area contributed by atoms with Crippen LogP contribution in [0.25, 0.3) is 0 Å². The fourth-order valence-electron chi connectivity index (χ4n) is 1.72.